The van der Waals surface area contributed by atoms with Crippen LogP contribution in [0.15, 0.2) is 226 Å². The molecule has 8 nitrogen and oxygen atoms in total. The number of anilines is 8. The highest BCUT2D eigenvalue weighted by Crippen LogP contribution is 2.27. The number of hydrogen-bond acceptors (Lipinski definition) is 8. The quantitative estimate of drug-likeness (QED) is 0.0739. The van der Waals surface area contributed by atoms with Crippen LogP contribution in [0.5, 0.6) is 0 Å². The van der Waals surface area contributed by atoms with Crippen molar-refractivity contribution >= 4 is 92.1 Å². The van der Waals surface area contributed by atoms with Gasteiger partial charge >= 0.3 is 0 Å². The number of nitrogens with one attached hydrogen (secondary N) is 4. The van der Waals surface area contributed by atoms with Gasteiger partial charge in [-0.3, -0.25) is 4.99 Å². The molecule has 8 heteroatoms. The van der Waals surface area contributed by atoms with Crippen LogP contribution < -0.4 is 21.3 Å². The summed E-state index contributed by atoms with van der Waals surface area (Å²) in [6, 6.07) is 48.4. The molecule has 6 aromatic carbocycles. The van der Waals surface area contributed by atoms with E-state index in [1.807, 2.05) is 170 Å². The minimum Gasteiger partial charge on any atom is -0.356 e. The number of aliphatic imine (C=N–C) groups is 4. The van der Waals surface area contributed by atoms with E-state index in [2.05, 4.69) is 68.8 Å². The van der Waals surface area contributed by atoms with Gasteiger partial charge in [0.1, 0.15) is 0 Å². The van der Waals surface area contributed by atoms with Crippen LogP contribution in [0.4, 0.5) is 68.2 Å². The van der Waals surface area contributed by atoms with Crippen LogP contribution in [0, 0.1) is 0 Å². The normalized spacial score (nSPS) is 12.9. The highest BCUT2D eigenvalue weighted by molar-refractivity contribution is 6.19. The Labute approximate surface area is 338 Å². The summed E-state index contributed by atoms with van der Waals surface area (Å²) < 4.78 is 0. The predicted octanol–water partition coefficient (Wildman–Crippen LogP) is 13.7. The lowest BCUT2D eigenvalue weighted by Gasteiger charge is -2.10. The zero-order valence-electron chi connectivity index (χ0n) is 31.7. The molecule has 0 saturated heterocycles. The van der Waals surface area contributed by atoms with E-state index in [0.717, 1.165) is 91.0 Å². The lowest BCUT2D eigenvalue weighted by Crippen LogP contribution is -1.99. The first kappa shape index (κ1) is 36.9. The fourth-order valence-electron chi connectivity index (χ4n) is 6.07. The first-order valence-electron chi connectivity index (χ1n) is 18.8. The molecule has 0 unspecified atom stereocenters. The van der Waals surface area contributed by atoms with E-state index < -0.39 is 0 Å². The van der Waals surface area contributed by atoms with Crippen LogP contribution in [0.25, 0.3) is 0 Å². The van der Waals surface area contributed by atoms with Gasteiger partial charge in [0.25, 0.3) is 0 Å². The predicted molar refractivity (Wildman–Crippen MR) is 248 cm³/mol. The molecule has 0 spiro atoms. The molecular formula is C50H40N8. The average Bonchev–Trinajstić information content (AvgIpc) is 3.26. The van der Waals surface area contributed by atoms with Crippen molar-refractivity contribution in [2.45, 2.75) is 0 Å². The Hall–Kier alpha value is -8.10. The Kier molecular flexibility index (Phi) is 11.2. The molecule has 0 heterocycles. The van der Waals surface area contributed by atoms with Gasteiger partial charge in [-0.15, -0.1) is 0 Å². The van der Waals surface area contributed by atoms with Gasteiger partial charge in [0.15, 0.2) is 0 Å². The third kappa shape index (κ3) is 10.1. The monoisotopic (exact) mass is 752 g/mol. The summed E-state index contributed by atoms with van der Waals surface area (Å²) >= 11 is 0. The Morgan fingerprint density at radius 3 is 0.724 bits per heavy atom. The van der Waals surface area contributed by atoms with Gasteiger partial charge in [-0.1, -0.05) is 18.7 Å². The van der Waals surface area contributed by atoms with Gasteiger partial charge in [-0.2, -0.15) is 0 Å². The first-order chi connectivity index (χ1) is 28.5. The zero-order valence-corrected chi connectivity index (χ0v) is 31.7. The third-order valence-electron chi connectivity index (χ3n) is 9.14. The summed E-state index contributed by atoms with van der Waals surface area (Å²) in [7, 11) is 0. The zero-order chi connectivity index (χ0) is 39.5. The fourth-order valence-corrected chi connectivity index (χ4v) is 6.07. The van der Waals surface area contributed by atoms with Crippen LogP contribution in [0.3, 0.4) is 0 Å². The van der Waals surface area contributed by atoms with Gasteiger partial charge in [0.2, 0.25) is 0 Å². The number of nitrogens with zero attached hydrogens (tertiary/aromatic N) is 4. The largest absolute Gasteiger partial charge is 0.356 e. The molecular weight excluding hydrogens is 713 g/mol. The molecule has 0 fully saturated rings. The molecule has 2 aliphatic rings. The van der Waals surface area contributed by atoms with Crippen molar-refractivity contribution in [2.24, 2.45) is 20.0 Å². The number of benzene rings is 6. The van der Waals surface area contributed by atoms with E-state index in [-0.39, 0.29) is 0 Å². The van der Waals surface area contributed by atoms with Crippen LogP contribution in [-0.4, -0.2) is 23.9 Å². The van der Waals surface area contributed by atoms with Crippen molar-refractivity contribution < 1.29 is 0 Å². The molecule has 0 aliphatic heterocycles. The second-order valence-corrected chi connectivity index (χ2v) is 13.5. The minimum atomic E-state index is 0.846. The molecule has 58 heavy (non-hydrogen) atoms. The Morgan fingerprint density at radius 2 is 0.483 bits per heavy atom. The van der Waals surface area contributed by atoms with Crippen LogP contribution in [0.1, 0.15) is 0 Å². The van der Waals surface area contributed by atoms with E-state index in [4.69, 9.17) is 9.98 Å². The minimum absolute atomic E-state index is 0.846. The highest BCUT2D eigenvalue weighted by atomic mass is 14.9. The fraction of sp³-hybridized carbons (Fsp3) is 0. The molecule has 0 amide bonds. The van der Waals surface area contributed by atoms with Gasteiger partial charge in [0.05, 0.1) is 39.9 Å². The highest BCUT2D eigenvalue weighted by Gasteiger charge is 2.04. The van der Waals surface area contributed by atoms with Crippen molar-refractivity contribution in [3.8, 4) is 0 Å². The maximum Gasteiger partial charge on any atom is 0.0638 e. The molecule has 0 radical (unpaired) electrons. The second kappa shape index (κ2) is 17.6. The summed E-state index contributed by atoms with van der Waals surface area (Å²) in [4.78, 5) is 18.2. The van der Waals surface area contributed by atoms with Gasteiger partial charge < -0.3 is 21.3 Å². The molecule has 280 valence electrons. The molecule has 8 rings (SSSR count). The molecule has 0 saturated carbocycles. The van der Waals surface area contributed by atoms with Crippen LogP contribution in [-0.2, 0) is 0 Å². The van der Waals surface area contributed by atoms with E-state index in [1.54, 1.807) is 0 Å². The summed E-state index contributed by atoms with van der Waals surface area (Å²) in [5, 5.41) is 13.8. The van der Waals surface area contributed by atoms with Gasteiger partial charge in [-0.25, -0.2) is 15.0 Å². The van der Waals surface area contributed by atoms with Crippen molar-refractivity contribution in [2.75, 3.05) is 21.3 Å². The maximum absolute atomic E-state index is 4.80. The number of rotatable bonds is 12. The van der Waals surface area contributed by atoms with Crippen molar-refractivity contribution in [1.82, 2.24) is 0 Å². The Morgan fingerprint density at radius 1 is 0.276 bits per heavy atom. The van der Waals surface area contributed by atoms with Crippen molar-refractivity contribution in [1.29, 1.82) is 0 Å². The third-order valence-corrected chi connectivity index (χ3v) is 9.14. The van der Waals surface area contributed by atoms with E-state index in [1.165, 1.54) is 0 Å². The SMILES string of the molecule is C=Nc1ccc(Nc2ccc(Nc3ccc(N=C4C=CC(=Nc5ccc(Nc6ccc(Nc7ccc(N=C8C=CC(=C)C=C8)cc7)cc6)cc5)C=C4)cc3)cc2)cc1. The van der Waals surface area contributed by atoms with E-state index >= 15 is 0 Å². The smallest absolute Gasteiger partial charge is 0.0638 e. The average molecular weight is 753 g/mol. The molecule has 6 aromatic rings. The molecule has 4 N–H and O–H groups in total. The Balaban J connectivity index is 0.795. The Bertz CT molecular complexity index is 2590. The topological polar surface area (TPSA) is 97.6 Å². The van der Waals surface area contributed by atoms with E-state index in [0.29, 0.717) is 0 Å². The summed E-state index contributed by atoms with van der Waals surface area (Å²) in [5.74, 6) is 0. The lowest BCUT2D eigenvalue weighted by atomic mass is 10.1. The maximum atomic E-state index is 4.80. The lowest BCUT2D eigenvalue weighted by molar-refractivity contribution is 1.47. The summed E-state index contributed by atoms with van der Waals surface area (Å²) in [6.07, 6.45) is 15.8. The molecule has 0 aromatic heterocycles. The van der Waals surface area contributed by atoms with Crippen LogP contribution >= 0.6 is 0 Å². The van der Waals surface area contributed by atoms with Gasteiger partial charge in [-0.05, 0) is 194 Å². The second-order valence-electron chi connectivity index (χ2n) is 13.5. The number of hydrogen-bond donors (Lipinski definition) is 4. The van der Waals surface area contributed by atoms with Crippen molar-refractivity contribution in [3.63, 3.8) is 0 Å². The molecule has 0 bridgehead atoms. The summed E-state index contributed by atoms with van der Waals surface area (Å²) in [6.45, 7) is 7.49. The number of allylic oxidation sites excluding steroid dienone is 9. The molecule has 2 aliphatic carbocycles. The first-order valence-corrected chi connectivity index (χ1v) is 18.8. The van der Waals surface area contributed by atoms with Crippen LogP contribution in [0.2, 0.25) is 0 Å². The summed E-state index contributed by atoms with van der Waals surface area (Å²) in [5.41, 5.74) is 15.0. The molecule has 0 atom stereocenters. The van der Waals surface area contributed by atoms with Gasteiger partial charge in [0, 0.05) is 45.5 Å². The standard InChI is InChI=1S/C50H40N8/c1-35-3-5-37(6-4-35)52-39-11-13-41(14-12-39)54-43-19-21-45(22-20-43)56-47-27-29-49(30-28-47)58-50-33-31-48(32-34-50)57-46-25-23-44(24-26-46)55-42-17-15-40(16-18-42)53-38-9-7-36(51-2)8-10-38/h3-34,53-56H,1-2H2. The van der Waals surface area contributed by atoms with Crippen molar-refractivity contribution in [3.05, 3.63) is 206 Å². The van der Waals surface area contributed by atoms with E-state index in [9.17, 15) is 0 Å².